The Morgan fingerprint density at radius 3 is 2.46 bits per heavy atom. The summed E-state index contributed by atoms with van der Waals surface area (Å²) in [5.74, 6) is -0.239. The number of hydrogen-bond donors (Lipinski definition) is 1. The number of anilines is 1. The van der Waals surface area contributed by atoms with Crippen molar-refractivity contribution in [2.24, 2.45) is 0 Å². The van der Waals surface area contributed by atoms with Crippen molar-refractivity contribution in [1.82, 2.24) is 19.6 Å². The summed E-state index contributed by atoms with van der Waals surface area (Å²) < 4.78 is 3.04. The van der Waals surface area contributed by atoms with Crippen LogP contribution >= 0.6 is 46.4 Å². The first-order valence-corrected chi connectivity index (χ1v) is 9.10. The van der Waals surface area contributed by atoms with Gasteiger partial charge in [-0.15, -0.1) is 0 Å². The molecule has 1 amide bonds. The van der Waals surface area contributed by atoms with Gasteiger partial charge in [0.2, 0.25) is 0 Å². The number of carbonyl (C=O) groups is 1. The van der Waals surface area contributed by atoms with Gasteiger partial charge >= 0.3 is 0 Å². The molecule has 136 valence electrons. The zero-order chi connectivity index (χ0) is 18.8. The van der Waals surface area contributed by atoms with Gasteiger partial charge in [-0.25, -0.2) is 0 Å². The fourth-order valence-corrected chi connectivity index (χ4v) is 3.34. The third-order valence-corrected chi connectivity index (χ3v) is 4.90. The molecule has 0 aliphatic heterocycles. The molecule has 3 aromatic rings. The standard InChI is InChI=1S/C16H13Cl4N5O/c1-2-25-14(12(19)6-21-25)16(26)22-15-13(20)8-24(23-15)7-9-10(17)4-3-5-11(9)18/h3-6,8H,2,7H2,1H3,(H,22,23,26). The van der Waals surface area contributed by atoms with Crippen LogP contribution in [-0.4, -0.2) is 25.5 Å². The molecule has 0 saturated heterocycles. The van der Waals surface area contributed by atoms with Crippen LogP contribution in [-0.2, 0) is 13.1 Å². The summed E-state index contributed by atoms with van der Waals surface area (Å²) in [5, 5.41) is 12.5. The van der Waals surface area contributed by atoms with Crippen molar-refractivity contribution in [2.45, 2.75) is 20.0 Å². The Hall–Kier alpha value is -1.73. The fraction of sp³-hybridized carbons (Fsp3) is 0.188. The molecule has 0 aliphatic rings. The number of rotatable bonds is 5. The van der Waals surface area contributed by atoms with Crippen LogP contribution in [0.2, 0.25) is 20.1 Å². The SMILES string of the molecule is CCn1ncc(Cl)c1C(=O)Nc1nn(Cc2c(Cl)cccc2Cl)cc1Cl. The quantitative estimate of drug-likeness (QED) is 0.615. The molecule has 0 unspecified atom stereocenters. The van der Waals surface area contributed by atoms with E-state index in [1.165, 1.54) is 10.9 Å². The zero-order valence-corrected chi connectivity index (χ0v) is 16.5. The number of aromatic nitrogens is 4. The number of carbonyl (C=O) groups excluding carboxylic acids is 1. The zero-order valence-electron chi connectivity index (χ0n) is 13.5. The van der Waals surface area contributed by atoms with E-state index in [4.69, 9.17) is 46.4 Å². The molecule has 2 heterocycles. The van der Waals surface area contributed by atoms with E-state index in [0.717, 1.165) is 0 Å². The highest BCUT2D eigenvalue weighted by atomic mass is 35.5. The summed E-state index contributed by atoms with van der Waals surface area (Å²) in [6.07, 6.45) is 3.00. The number of halogens is 4. The van der Waals surface area contributed by atoms with Gasteiger partial charge < -0.3 is 5.32 Å². The van der Waals surface area contributed by atoms with Gasteiger partial charge in [-0.3, -0.25) is 14.2 Å². The van der Waals surface area contributed by atoms with E-state index >= 15 is 0 Å². The first-order valence-electron chi connectivity index (χ1n) is 7.59. The molecule has 0 fully saturated rings. The predicted molar refractivity (Wildman–Crippen MR) is 104 cm³/mol. The highest BCUT2D eigenvalue weighted by molar-refractivity contribution is 6.36. The van der Waals surface area contributed by atoms with Crippen molar-refractivity contribution >= 4 is 58.1 Å². The van der Waals surface area contributed by atoms with E-state index in [0.29, 0.717) is 28.7 Å². The van der Waals surface area contributed by atoms with Gasteiger partial charge in [-0.05, 0) is 19.1 Å². The monoisotopic (exact) mass is 431 g/mol. The van der Waals surface area contributed by atoms with Crippen LogP contribution in [0, 0.1) is 0 Å². The normalized spacial score (nSPS) is 11.0. The average molecular weight is 433 g/mol. The average Bonchev–Trinajstić information content (AvgIpc) is 3.13. The maximum Gasteiger partial charge on any atom is 0.276 e. The number of nitrogens with zero attached hydrogens (tertiary/aromatic N) is 4. The summed E-state index contributed by atoms with van der Waals surface area (Å²) in [5.41, 5.74) is 0.953. The van der Waals surface area contributed by atoms with Crippen LogP contribution in [0.15, 0.2) is 30.6 Å². The first kappa shape index (κ1) is 19.0. The smallest absolute Gasteiger partial charge is 0.276 e. The molecule has 0 aliphatic carbocycles. The lowest BCUT2D eigenvalue weighted by Crippen LogP contribution is -2.18. The highest BCUT2D eigenvalue weighted by Gasteiger charge is 2.20. The molecule has 0 spiro atoms. The van der Waals surface area contributed by atoms with Crippen molar-refractivity contribution in [2.75, 3.05) is 5.32 Å². The maximum absolute atomic E-state index is 12.5. The van der Waals surface area contributed by atoms with E-state index in [1.54, 1.807) is 29.1 Å². The van der Waals surface area contributed by atoms with Gasteiger partial charge in [-0.1, -0.05) is 52.5 Å². The van der Waals surface area contributed by atoms with Crippen LogP contribution in [0.25, 0.3) is 0 Å². The Balaban J connectivity index is 1.82. The number of hydrogen-bond acceptors (Lipinski definition) is 3. The highest BCUT2D eigenvalue weighted by Crippen LogP contribution is 2.27. The summed E-state index contributed by atoms with van der Waals surface area (Å²) in [7, 11) is 0. The minimum atomic E-state index is -0.447. The number of amides is 1. The maximum atomic E-state index is 12.5. The molecule has 26 heavy (non-hydrogen) atoms. The van der Waals surface area contributed by atoms with Crippen LogP contribution in [0.5, 0.6) is 0 Å². The van der Waals surface area contributed by atoms with E-state index in [-0.39, 0.29) is 21.6 Å². The lowest BCUT2D eigenvalue weighted by molar-refractivity contribution is 0.101. The number of benzene rings is 1. The van der Waals surface area contributed by atoms with E-state index < -0.39 is 5.91 Å². The van der Waals surface area contributed by atoms with E-state index in [9.17, 15) is 4.79 Å². The second-order valence-corrected chi connectivity index (χ2v) is 6.96. The van der Waals surface area contributed by atoms with Crippen LogP contribution in [0.4, 0.5) is 5.82 Å². The Bertz CT molecular complexity index is 945. The second-order valence-electron chi connectivity index (χ2n) is 5.33. The molecule has 2 aromatic heterocycles. The third kappa shape index (κ3) is 3.83. The molecular weight excluding hydrogens is 420 g/mol. The van der Waals surface area contributed by atoms with Crippen LogP contribution in [0.1, 0.15) is 23.0 Å². The molecule has 0 bridgehead atoms. The summed E-state index contributed by atoms with van der Waals surface area (Å²) in [6.45, 7) is 2.67. The van der Waals surface area contributed by atoms with Crippen molar-refractivity contribution in [3.63, 3.8) is 0 Å². The topological polar surface area (TPSA) is 64.7 Å². The number of nitrogens with one attached hydrogen (secondary N) is 1. The van der Waals surface area contributed by atoms with Gasteiger partial charge in [0.25, 0.3) is 5.91 Å². The van der Waals surface area contributed by atoms with Crippen molar-refractivity contribution in [3.05, 3.63) is 61.9 Å². The molecule has 1 N–H and O–H groups in total. The Kier molecular flexibility index (Phi) is 5.77. The molecule has 0 radical (unpaired) electrons. The Morgan fingerprint density at radius 2 is 1.81 bits per heavy atom. The van der Waals surface area contributed by atoms with Gasteiger partial charge in [0.15, 0.2) is 5.82 Å². The predicted octanol–water partition coefficient (Wildman–Crippen LogP) is 5.01. The molecule has 1 aromatic carbocycles. The number of aryl methyl sites for hydroxylation is 1. The molecule has 10 heteroatoms. The van der Waals surface area contributed by atoms with E-state index in [1.807, 2.05) is 6.92 Å². The van der Waals surface area contributed by atoms with Crippen molar-refractivity contribution < 1.29 is 4.79 Å². The molecule has 0 atom stereocenters. The third-order valence-electron chi connectivity index (χ3n) is 3.64. The largest absolute Gasteiger partial charge is 0.302 e. The minimum Gasteiger partial charge on any atom is -0.302 e. The summed E-state index contributed by atoms with van der Waals surface area (Å²) >= 11 is 24.6. The van der Waals surface area contributed by atoms with Crippen LogP contribution < -0.4 is 5.32 Å². The molecule has 3 rings (SSSR count). The molecule has 0 saturated carbocycles. The van der Waals surface area contributed by atoms with E-state index in [2.05, 4.69) is 15.5 Å². The minimum absolute atomic E-state index is 0.208. The molecular formula is C16H13Cl4N5O. The van der Waals surface area contributed by atoms with Crippen LogP contribution in [0.3, 0.4) is 0 Å². The van der Waals surface area contributed by atoms with Gasteiger partial charge in [0.05, 0.1) is 17.8 Å². The van der Waals surface area contributed by atoms with Crippen molar-refractivity contribution in [3.8, 4) is 0 Å². The van der Waals surface area contributed by atoms with Gasteiger partial charge in [0.1, 0.15) is 10.7 Å². The van der Waals surface area contributed by atoms with Crippen molar-refractivity contribution in [1.29, 1.82) is 0 Å². The Labute approximate surface area is 169 Å². The summed E-state index contributed by atoms with van der Waals surface area (Å²) in [6, 6.07) is 5.24. The second kappa shape index (κ2) is 7.88. The lowest BCUT2D eigenvalue weighted by atomic mass is 10.2. The first-order chi connectivity index (χ1) is 12.4. The van der Waals surface area contributed by atoms with Gasteiger partial charge in [0, 0.05) is 28.4 Å². The summed E-state index contributed by atoms with van der Waals surface area (Å²) in [4.78, 5) is 12.5. The van der Waals surface area contributed by atoms with Gasteiger partial charge in [-0.2, -0.15) is 10.2 Å². The lowest BCUT2D eigenvalue weighted by Gasteiger charge is -2.07. The fourth-order valence-electron chi connectivity index (χ4n) is 2.40. The Morgan fingerprint density at radius 1 is 1.12 bits per heavy atom. The molecule has 6 nitrogen and oxygen atoms in total.